The molecule has 2 atom stereocenters. The van der Waals surface area contributed by atoms with Gasteiger partial charge in [-0.3, -0.25) is 4.99 Å². The van der Waals surface area contributed by atoms with Gasteiger partial charge in [0, 0.05) is 39.1 Å². The lowest BCUT2D eigenvalue weighted by Gasteiger charge is -2.26. The number of fused-ring (bicyclic) bond motifs is 1. The second-order valence-electron chi connectivity index (χ2n) is 7.04. The predicted octanol–water partition coefficient (Wildman–Crippen LogP) is 1.72. The minimum absolute atomic E-state index is 0.261. The second kappa shape index (κ2) is 9.54. The smallest absolute Gasteiger partial charge is 0.191 e. The van der Waals surface area contributed by atoms with E-state index >= 15 is 0 Å². The van der Waals surface area contributed by atoms with E-state index in [1.165, 1.54) is 5.56 Å². The summed E-state index contributed by atoms with van der Waals surface area (Å²) in [4.78, 5) is 8.90. The Kier molecular flexibility index (Phi) is 6.86. The summed E-state index contributed by atoms with van der Waals surface area (Å²) in [6.07, 6.45) is 1.89. The average Bonchev–Trinajstić information content (AvgIpc) is 3.12. The third-order valence-corrected chi connectivity index (χ3v) is 4.99. The number of hydrogen-bond acceptors (Lipinski definition) is 5. The van der Waals surface area contributed by atoms with E-state index in [2.05, 4.69) is 38.7 Å². The number of methoxy groups -OCH3 is 2. The molecule has 0 amide bonds. The lowest BCUT2D eigenvalue weighted by molar-refractivity contribution is 0.177. The van der Waals surface area contributed by atoms with E-state index in [0.29, 0.717) is 12.5 Å². The van der Waals surface area contributed by atoms with Gasteiger partial charge >= 0.3 is 0 Å². The topological polar surface area (TPSA) is 85.6 Å². The summed E-state index contributed by atoms with van der Waals surface area (Å²) in [6, 6.07) is 8.39. The maximum absolute atomic E-state index is 5.48. The highest BCUT2D eigenvalue weighted by molar-refractivity contribution is 5.80. The molecular formula is C20H30N6O2. The van der Waals surface area contributed by atoms with Gasteiger partial charge in [0.2, 0.25) is 0 Å². The van der Waals surface area contributed by atoms with Crippen LogP contribution in [0.5, 0.6) is 5.75 Å². The number of guanidine groups is 1. The van der Waals surface area contributed by atoms with E-state index in [9.17, 15) is 0 Å². The Morgan fingerprint density at radius 3 is 2.93 bits per heavy atom. The normalized spacial score (nSPS) is 17.7. The molecule has 0 saturated heterocycles. The van der Waals surface area contributed by atoms with Crippen LogP contribution in [0.25, 0.3) is 0 Å². The van der Waals surface area contributed by atoms with Gasteiger partial charge in [-0.2, -0.15) is 5.10 Å². The third-order valence-electron chi connectivity index (χ3n) is 4.99. The summed E-state index contributed by atoms with van der Waals surface area (Å²) in [7, 11) is 5.16. The molecule has 0 aliphatic carbocycles. The molecule has 1 aliphatic heterocycles. The Labute approximate surface area is 166 Å². The van der Waals surface area contributed by atoms with E-state index in [1.54, 1.807) is 21.3 Å². The summed E-state index contributed by atoms with van der Waals surface area (Å²) in [5.74, 6) is 3.77. The fraction of sp³-hybridized carbons (Fsp3) is 0.550. The zero-order chi connectivity index (χ0) is 19.9. The number of ether oxygens (including phenoxy) is 2. The van der Waals surface area contributed by atoms with Gasteiger partial charge in [-0.25, -0.2) is 9.67 Å². The molecule has 3 rings (SSSR count). The zero-order valence-electron chi connectivity index (χ0n) is 17.1. The van der Waals surface area contributed by atoms with Crippen LogP contribution < -0.4 is 15.4 Å². The van der Waals surface area contributed by atoms with Crippen molar-refractivity contribution >= 4 is 5.96 Å². The molecule has 1 aromatic carbocycles. The van der Waals surface area contributed by atoms with E-state index in [0.717, 1.165) is 49.3 Å². The molecule has 152 valence electrons. The number of aryl methyl sites for hydroxylation is 1. The highest BCUT2D eigenvalue weighted by atomic mass is 16.5. The first-order valence-electron chi connectivity index (χ1n) is 9.66. The van der Waals surface area contributed by atoms with Gasteiger partial charge in [0.15, 0.2) is 11.8 Å². The van der Waals surface area contributed by atoms with Gasteiger partial charge in [0.25, 0.3) is 0 Å². The summed E-state index contributed by atoms with van der Waals surface area (Å²) >= 11 is 0. The predicted molar refractivity (Wildman–Crippen MR) is 109 cm³/mol. The van der Waals surface area contributed by atoms with Crippen LogP contribution in [0, 0.1) is 0 Å². The van der Waals surface area contributed by atoms with Gasteiger partial charge < -0.3 is 20.1 Å². The lowest BCUT2D eigenvalue weighted by Crippen LogP contribution is -2.47. The first-order chi connectivity index (χ1) is 13.6. The van der Waals surface area contributed by atoms with Crippen molar-refractivity contribution < 1.29 is 9.47 Å². The fourth-order valence-corrected chi connectivity index (χ4v) is 3.49. The SMILES string of the molecule is CN=C(NCC(C)c1ccccc1OC)NC1CCc2nc(COC)nn2C1. The number of hydrogen-bond donors (Lipinski definition) is 2. The van der Waals surface area contributed by atoms with Crippen LogP contribution in [0.3, 0.4) is 0 Å². The lowest BCUT2D eigenvalue weighted by atomic mass is 10.0. The molecule has 0 fully saturated rings. The monoisotopic (exact) mass is 386 g/mol. The second-order valence-corrected chi connectivity index (χ2v) is 7.04. The zero-order valence-corrected chi connectivity index (χ0v) is 17.1. The highest BCUT2D eigenvalue weighted by Gasteiger charge is 2.22. The summed E-state index contributed by atoms with van der Waals surface area (Å²) in [5, 5.41) is 11.5. The first kappa shape index (κ1) is 20.1. The molecule has 2 aromatic rings. The van der Waals surface area contributed by atoms with Crippen LogP contribution in [0.2, 0.25) is 0 Å². The van der Waals surface area contributed by atoms with Crippen molar-refractivity contribution in [1.29, 1.82) is 0 Å². The average molecular weight is 387 g/mol. The van der Waals surface area contributed by atoms with Crippen molar-refractivity contribution in [3.8, 4) is 5.75 Å². The van der Waals surface area contributed by atoms with E-state index in [4.69, 9.17) is 9.47 Å². The molecule has 2 heterocycles. The number of para-hydroxylation sites is 1. The number of nitrogens with one attached hydrogen (secondary N) is 2. The minimum Gasteiger partial charge on any atom is -0.496 e. The minimum atomic E-state index is 0.261. The van der Waals surface area contributed by atoms with Crippen LogP contribution in [0.1, 0.15) is 36.5 Å². The van der Waals surface area contributed by atoms with Crippen LogP contribution in [0.4, 0.5) is 0 Å². The fourth-order valence-electron chi connectivity index (χ4n) is 3.49. The van der Waals surface area contributed by atoms with Crippen molar-refractivity contribution in [1.82, 2.24) is 25.4 Å². The maximum Gasteiger partial charge on any atom is 0.191 e. The summed E-state index contributed by atoms with van der Waals surface area (Å²) in [6.45, 7) is 4.16. The molecule has 2 N–H and O–H groups in total. The van der Waals surface area contributed by atoms with Crippen LogP contribution in [0.15, 0.2) is 29.3 Å². The molecular weight excluding hydrogens is 356 g/mol. The van der Waals surface area contributed by atoms with Gasteiger partial charge in [-0.05, 0) is 18.1 Å². The van der Waals surface area contributed by atoms with Crippen molar-refractivity contribution in [2.24, 2.45) is 4.99 Å². The largest absolute Gasteiger partial charge is 0.496 e. The van der Waals surface area contributed by atoms with Crippen LogP contribution >= 0.6 is 0 Å². The maximum atomic E-state index is 5.48. The molecule has 1 aromatic heterocycles. The molecule has 8 nitrogen and oxygen atoms in total. The Balaban J connectivity index is 1.54. The Bertz CT molecular complexity index is 804. The third kappa shape index (κ3) is 4.81. The van der Waals surface area contributed by atoms with Gasteiger partial charge in [0.05, 0.1) is 13.7 Å². The molecule has 8 heteroatoms. The Morgan fingerprint density at radius 1 is 1.36 bits per heavy atom. The molecule has 0 saturated carbocycles. The van der Waals surface area contributed by atoms with Crippen molar-refractivity contribution in [3.05, 3.63) is 41.5 Å². The number of aromatic nitrogens is 3. The Morgan fingerprint density at radius 2 is 2.18 bits per heavy atom. The van der Waals surface area contributed by atoms with Gasteiger partial charge in [-0.1, -0.05) is 25.1 Å². The standard InChI is InChI=1S/C20H30N6O2/c1-14(16-7-5-6-8-17(16)28-4)11-22-20(21-2)23-15-9-10-19-24-18(13-27-3)25-26(19)12-15/h5-8,14-15H,9-13H2,1-4H3,(H2,21,22,23). The van der Waals surface area contributed by atoms with E-state index in [-0.39, 0.29) is 6.04 Å². The number of rotatable bonds is 7. The molecule has 0 radical (unpaired) electrons. The van der Waals surface area contributed by atoms with E-state index < -0.39 is 0 Å². The van der Waals surface area contributed by atoms with Gasteiger partial charge in [-0.15, -0.1) is 0 Å². The van der Waals surface area contributed by atoms with Crippen molar-refractivity contribution in [2.45, 2.75) is 44.9 Å². The highest BCUT2D eigenvalue weighted by Crippen LogP contribution is 2.25. The summed E-state index contributed by atoms with van der Waals surface area (Å²) < 4.78 is 12.6. The number of aliphatic imine (C=N–C) groups is 1. The molecule has 2 unspecified atom stereocenters. The number of nitrogens with zero attached hydrogens (tertiary/aromatic N) is 4. The van der Waals surface area contributed by atoms with E-state index in [1.807, 2.05) is 22.9 Å². The molecule has 28 heavy (non-hydrogen) atoms. The summed E-state index contributed by atoms with van der Waals surface area (Å²) in [5.41, 5.74) is 1.18. The molecule has 0 bridgehead atoms. The van der Waals surface area contributed by atoms with Gasteiger partial charge in [0.1, 0.15) is 18.2 Å². The Hall–Kier alpha value is -2.61. The van der Waals surface area contributed by atoms with Crippen LogP contribution in [-0.4, -0.2) is 54.6 Å². The quantitative estimate of drug-likeness (QED) is 0.557. The van der Waals surface area contributed by atoms with Crippen molar-refractivity contribution in [2.75, 3.05) is 27.8 Å². The molecule has 0 spiro atoms. The number of benzene rings is 1. The van der Waals surface area contributed by atoms with Crippen molar-refractivity contribution in [3.63, 3.8) is 0 Å². The van der Waals surface area contributed by atoms with Crippen LogP contribution in [-0.2, 0) is 24.3 Å². The molecule has 1 aliphatic rings. The first-order valence-corrected chi connectivity index (χ1v) is 9.66.